The second-order valence-corrected chi connectivity index (χ2v) is 4.47. The quantitative estimate of drug-likeness (QED) is 0.741. The van der Waals surface area contributed by atoms with Crippen molar-refractivity contribution in [3.05, 3.63) is 41.9 Å². The molecule has 22 heavy (non-hydrogen) atoms. The van der Waals surface area contributed by atoms with Crippen molar-refractivity contribution in [2.24, 2.45) is 0 Å². The zero-order valence-corrected chi connectivity index (χ0v) is 11.7. The fourth-order valence-corrected chi connectivity index (χ4v) is 1.94. The maximum absolute atomic E-state index is 11.6. The first-order chi connectivity index (χ1) is 10.7. The summed E-state index contributed by atoms with van der Waals surface area (Å²) in [5.74, 6) is 0.261. The normalized spacial score (nSPS) is 10.6. The van der Waals surface area contributed by atoms with E-state index in [4.69, 9.17) is 14.9 Å². The summed E-state index contributed by atoms with van der Waals surface area (Å²) in [6, 6.07) is 5.09. The van der Waals surface area contributed by atoms with Gasteiger partial charge in [-0.1, -0.05) is 0 Å². The number of carbonyl (C=O) groups is 1. The van der Waals surface area contributed by atoms with Crippen molar-refractivity contribution in [2.45, 2.75) is 6.61 Å². The minimum atomic E-state index is -0.262. The van der Waals surface area contributed by atoms with Crippen molar-refractivity contribution in [1.29, 1.82) is 0 Å². The molecule has 0 aliphatic rings. The molecule has 0 saturated carbocycles. The van der Waals surface area contributed by atoms with Gasteiger partial charge in [-0.3, -0.25) is 9.78 Å². The number of furan rings is 1. The van der Waals surface area contributed by atoms with E-state index in [-0.39, 0.29) is 24.2 Å². The molecular formula is C14H13N5O3. The van der Waals surface area contributed by atoms with E-state index >= 15 is 0 Å². The van der Waals surface area contributed by atoms with Crippen LogP contribution in [0.4, 0.5) is 5.82 Å². The van der Waals surface area contributed by atoms with Crippen LogP contribution in [0.15, 0.2) is 35.1 Å². The van der Waals surface area contributed by atoms with Gasteiger partial charge in [-0.05, 0) is 23.8 Å². The van der Waals surface area contributed by atoms with Crippen molar-refractivity contribution in [1.82, 2.24) is 20.5 Å². The van der Waals surface area contributed by atoms with Crippen LogP contribution in [-0.4, -0.2) is 28.1 Å². The molecule has 3 N–H and O–H groups in total. The van der Waals surface area contributed by atoms with Gasteiger partial charge in [0.25, 0.3) is 11.8 Å². The average molecular weight is 299 g/mol. The van der Waals surface area contributed by atoms with E-state index in [0.717, 1.165) is 5.56 Å². The zero-order chi connectivity index (χ0) is 15.5. The predicted molar refractivity (Wildman–Crippen MR) is 78.2 cm³/mol. The van der Waals surface area contributed by atoms with E-state index in [1.807, 2.05) is 0 Å². The Morgan fingerprint density at radius 3 is 3.09 bits per heavy atom. The fraction of sp³-hybridized carbons (Fsp3) is 0.143. The van der Waals surface area contributed by atoms with E-state index in [9.17, 15) is 4.79 Å². The van der Waals surface area contributed by atoms with E-state index in [1.54, 1.807) is 31.4 Å². The van der Waals surface area contributed by atoms with E-state index in [1.165, 1.54) is 6.26 Å². The summed E-state index contributed by atoms with van der Waals surface area (Å²) in [6.07, 6.45) is 3.04. The highest BCUT2D eigenvalue weighted by Gasteiger charge is 2.12. The van der Waals surface area contributed by atoms with Crippen LogP contribution >= 0.6 is 0 Å². The Morgan fingerprint density at radius 1 is 1.41 bits per heavy atom. The molecule has 0 fully saturated rings. The Balaban J connectivity index is 1.81. The molecule has 0 atom stereocenters. The Morgan fingerprint density at radius 2 is 2.27 bits per heavy atom. The van der Waals surface area contributed by atoms with Gasteiger partial charge >= 0.3 is 0 Å². The number of nitrogen functional groups attached to an aromatic ring is 1. The van der Waals surface area contributed by atoms with Gasteiger partial charge in [-0.2, -0.15) is 0 Å². The molecule has 0 aromatic carbocycles. The predicted octanol–water partition coefficient (Wildman–Crippen LogP) is 1.14. The van der Waals surface area contributed by atoms with Crippen LogP contribution in [0.1, 0.15) is 16.1 Å². The minimum absolute atomic E-state index is 0.195. The molecule has 0 saturated heterocycles. The molecule has 0 radical (unpaired) electrons. The van der Waals surface area contributed by atoms with Crippen LogP contribution < -0.4 is 15.8 Å². The van der Waals surface area contributed by atoms with Crippen molar-refractivity contribution >= 4 is 22.7 Å². The van der Waals surface area contributed by atoms with Crippen molar-refractivity contribution in [2.75, 3.05) is 12.8 Å². The smallest absolute Gasteiger partial charge is 0.278 e. The highest BCUT2D eigenvalue weighted by atomic mass is 16.5. The molecule has 8 heteroatoms. The topological polar surface area (TPSA) is 116 Å². The van der Waals surface area contributed by atoms with Crippen LogP contribution in [0.2, 0.25) is 0 Å². The average Bonchev–Trinajstić information content (AvgIpc) is 3.04. The Hall–Kier alpha value is -3.16. The van der Waals surface area contributed by atoms with Gasteiger partial charge in [0, 0.05) is 13.2 Å². The molecule has 0 bridgehead atoms. The minimum Gasteiger partial charge on any atom is -0.469 e. The lowest BCUT2D eigenvalue weighted by Gasteiger charge is -2.06. The molecule has 3 rings (SSSR count). The summed E-state index contributed by atoms with van der Waals surface area (Å²) in [6.45, 7) is 0.195. The molecule has 0 unspecified atom stereocenters. The SMILES string of the molecule is CNC(=O)c1cc(COc2nnc(N)c3ccoc23)ccn1. The molecular weight excluding hydrogens is 286 g/mol. The maximum Gasteiger partial charge on any atom is 0.278 e. The first kappa shape index (κ1) is 13.8. The van der Waals surface area contributed by atoms with E-state index in [0.29, 0.717) is 16.7 Å². The summed E-state index contributed by atoms with van der Waals surface area (Å²) in [5.41, 5.74) is 7.23. The first-order valence-electron chi connectivity index (χ1n) is 6.48. The number of ether oxygens (including phenoxy) is 1. The number of hydrogen-bond acceptors (Lipinski definition) is 7. The molecule has 112 valence electrons. The Bertz CT molecular complexity index is 830. The fourth-order valence-electron chi connectivity index (χ4n) is 1.94. The highest BCUT2D eigenvalue weighted by Crippen LogP contribution is 2.27. The Labute approximate surface area is 125 Å². The molecule has 3 aromatic heterocycles. The van der Waals surface area contributed by atoms with Gasteiger partial charge in [0.2, 0.25) is 5.58 Å². The van der Waals surface area contributed by atoms with E-state index in [2.05, 4.69) is 20.5 Å². The number of amides is 1. The Kier molecular flexibility index (Phi) is 3.57. The van der Waals surface area contributed by atoms with Gasteiger partial charge < -0.3 is 20.2 Å². The van der Waals surface area contributed by atoms with Crippen molar-refractivity contribution in [3.8, 4) is 5.88 Å². The zero-order valence-electron chi connectivity index (χ0n) is 11.7. The molecule has 0 aliphatic heterocycles. The van der Waals surface area contributed by atoms with Crippen LogP contribution in [-0.2, 0) is 6.61 Å². The first-order valence-corrected chi connectivity index (χ1v) is 6.48. The number of hydrogen-bond donors (Lipinski definition) is 2. The number of nitrogens with two attached hydrogens (primary N) is 1. The molecule has 3 heterocycles. The summed E-state index contributed by atoms with van der Waals surface area (Å²) >= 11 is 0. The summed E-state index contributed by atoms with van der Waals surface area (Å²) in [7, 11) is 1.55. The number of nitrogens with zero attached hydrogens (tertiary/aromatic N) is 3. The number of rotatable bonds is 4. The highest BCUT2D eigenvalue weighted by molar-refractivity contribution is 5.92. The van der Waals surface area contributed by atoms with Gasteiger partial charge in [0.15, 0.2) is 5.82 Å². The number of nitrogens with one attached hydrogen (secondary N) is 1. The number of aromatic nitrogens is 3. The lowest BCUT2D eigenvalue weighted by molar-refractivity contribution is 0.0958. The third kappa shape index (κ3) is 2.53. The molecule has 1 amide bonds. The number of anilines is 1. The summed E-state index contributed by atoms with van der Waals surface area (Å²) in [5, 5.41) is 10.9. The standard InChI is InChI=1S/C14H13N5O3/c1-16-13(20)10-6-8(2-4-17-10)7-22-14-11-9(3-5-21-11)12(15)18-19-14/h2-6H,7H2,1H3,(H2,15,18)(H,16,20). The van der Waals surface area contributed by atoms with Gasteiger partial charge in [0.1, 0.15) is 12.3 Å². The lowest BCUT2D eigenvalue weighted by Crippen LogP contribution is -2.19. The van der Waals surface area contributed by atoms with Crippen LogP contribution in [0, 0.1) is 0 Å². The van der Waals surface area contributed by atoms with Crippen LogP contribution in [0.25, 0.3) is 11.0 Å². The second kappa shape index (κ2) is 5.68. The third-order valence-electron chi connectivity index (χ3n) is 3.04. The van der Waals surface area contributed by atoms with E-state index < -0.39 is 0 Å². The number of carbonyl (C=O) groups excluding carboxylic acids is 1. The van der Waals surface area contributed by atoms with Gasteiger partial charge in [-0.25, -0.2) is 0 Å². The monoisotopic (exact) mass is 299 g/mol. The summed E-state index contributed by atoms with van der Waals surface area (Å²) in [4.78, 5) is 15.5. The van der Waals surface area contributed by atoms with Crippen LogP contribution in [0.5, 0.6) is 5.88 Å². The third-order valence-corrected chi connectivity index (χ3v) is 3.04. The molecule has 0 spiro atoms. The summed E-state index contributed by atoms with van der Waals surface area (Å²) < 4.78 is 10.9. The van der Waals surface area contributed by atoms with Crippen LogP contribution in [0.3, 0.4) is 0 Å². The number of fused-ring (bicyclic) bond motifs is 1. The molecule has 8 nitrogen and oxygen atoms in total. The number of pyridine rings is 1. The van der Waals surface area contributed by atoms with Crippen molar-refractivity contribution < 1.29 is 13.9 Å². The lowest BCUT2D eigenvalue weighted by atomic mass is 10.2. The van der Waals surface area contributed by atoms with Gasteiger partial charge in [-0.15, -0.1) is 10.2 Å². The van der Waals surface area contributed by atoms with Gasteiger partial charge in [0.05, 0.1) is 11.6 Å². The maximum atomic E-state index is 11.6. The molecule has 0 aliphatic carbocycles. The van der Waals surface area contributed by atoms with Crippen molar-refractivity contribution in [3.63, 3.8) is 0 Å². The second-order valence-electron chi connectivity index (χ2n) is 4.47. The largest absolute Gasteiger partial charge is 0.469 e. The molecule has 3 aromatic rings.